The predicted octanol–water partition coefficient (Wildman–Crippen LogP) is 4.49. The van der Waals surface area contributed by atoms with Gasteiger partial charge in [0, 0.05) is 17.9 Å². The molecule has 2 amide bonds. The standard InChI is InChI=1S/C24H22N2O3S/c1-16-5-8-18(9-6-16)15-25-20-10-7-17(2)14-19(20)24(23(25)28)26(11-13-30-24)22(27)21-4-3-12-29-21/h3-10,12,14H,11,13,15H2,1-2H3/t24-/m0/s1. The van der Waals surface area contributed by atoms with Crippen LogP contribution >= 0.6 is 11.8 Å². The number of benzene rings is 2. The summed E-state index contributed by atoms with van der Waals surface area (Å²) >= 11 is 1.53. The largest absolute Gasteiger partial charge is 0.459 e. The molecule has 1 saturated heterocycles. The van der Waals surface area contributed by atoms with Crippen LogP contribution < -0.4 is 4.90 Å². The minimum Gasteiger partial charge on any atom is -0.459 e. The molecule has 2 aliphatic rings. The topological polar surface area (TPSA) is 53.8 Å². The van der Waals surface area contributed by atoms with Gasteiger partial charge in [0.2, 0.25) is 0 Å². The molecule has 0 saturated carbocycles. The zero-order valence-electron chi connectivity index (χ0n) is 16.9. The van der Waals surface area contributed by atoms with Crippen LogP contribution in [0, 0.1) is 13.8 Å². The van der Waals surface area contributed by atoms with Crippen LogP contribution in [0.25, 0.3) is 0 Å². The van der Waals surface area contributed by atoms with Crippen LogP contribution in [0.2, 0.25) is 0 Å². The van der Waals surface area contributed by atoms with Crippen LogP contribution in [0.3, 0.4) is 0 Å². The van der Waals surface area contributed by atoms with E-state index in [9.17, 15) is 9.59 Å². The van der Waals surface area contributed by atoms with Gasteiger partial charge < -0.3 is 14.2 Å². The van der Waals surface area contributed by atoms with Gasteiger partial charge in [-0.2, -0.15) is 0 Å². The van der Waals surface area contributed by atoms with Gasteiger partial charge >= 0.3 is 0 Å². The van der Waals surface area contributed by atoms with Gasteiger partial charge in [0.15, 0.2) is 10.6 Å². The molecular formula is C24H22N2O3S. The number of anilines is 1. The number of hydrogen-bond acceptors (Lipinski definition) is 4. The SMILES string of the molecule is Cc1ccc(CN2C(=O)[C@@]3(SCCN3C(=O)c3ccco3)c3cc(C)ccc32)cc1. The van der Waals surface area contributed by atoms with Crippen molar-refractivity contribution in [2.45, 2.75) is 25.3 Å². The van der Waals surface area contributed by atoms with Gasteiger partial charge in [-0.3, -0.25) is 9.59 Å². The summed E-state index contributed by atoms with van der Waals surface area (Å²) in [5, 5.41) is 0. The summed E-state index contributed by atoms with van der Waals surface area (Å²) in [4.78, 5) is 29.7. The van der Waals surface area contributed by atoms with Crippen molar-refractivity contribution in [1.29, 1.82) is 0 Å². The Morgan fingerprint density at radius 3 is 2.60 bits per heavy atom. The van der Waals surface area contributed by atoms with E-state index < -0.39 is 4.87 Å². The minimum absolute atomic E-state index is 0.0638. The van der Waals surface area contributed by atoms with Crippen molar-refractivity contribution in [2.75, 3.05) is 17.2 Å². The van der Waals surface area contributed by atoms with E-state index in [0.29, 0.717) is 18.8 Å². The number of fused-ring (bicyclic) bond motifs is 2. The van der Waals surface area contributed by atoms with Crippen LogP contribution in [-0.2, 0) is 16.2 Å². The predicted molar refractivity (Wildman–Crippen MR) is 117 cm³/mol. The lowest BCUT2D eigenvalue weighted by Crippen LogP contribution is -2.50. The Morgan fingerprint density at radius 2 is 1.87 bits per heavy atom. The van der Waals surface area contributed by atoms with E-state index in [0.717, 1.165) is 22.4 Å². The molecule has 2 aliphatic heterocycles. The summed E-state index contributed by atoms with van der Waals surface area (Å²) in [5.41, 5.74) is 5.07. The second-order valence-corrected chi connectivity index (χ2v) is 9.11. The number of rotatable bonds is 3. The van der Waals surface area contributed by atoms with Crippen molar-refractivity contribution in [2.24, 2.45) is 0 Å². The molecular weight excluding hydrogens is 396 g/mol. The van der Waals surface area contributed by atoms with Crippen LogP contribution in [0.5, 0.6) is 0 Å². The summed E-state index contributed by atoms with van der Waals surface area (Å²) in [6.07, 6.45) is 1.49. The molecule has 0 N–H and O–H groups in total. The lowest BCUT2D eigenvalue weighted by atomic mass is 10.0. The fraction of sp³-hybridized carbons (Fsp3) is 0.250. The lowest BCUT2D eigenvalue weighted by Gasteiger charge is -2.32. The van der Waals surface area contributed by atoms with Crippen LogP contribution in [0.15, 0.2) is 65.3 Å². The molecule has 0 bridgehead atoms. The summed E-state index contributed by atoms with van der Waals surface area (Å²) in [5.74, 6) is 0.647. The van der Waals surface area contributed by atoms with E-state index in [1.165, 1.54) is 23.6 Å². The van der Waals surface area contributed by atoms with Crippen LogP contribution in [-0.4, -0.2) is 29.0 Å². The van der Waals surface area contributed by atoms with Crippen LogP contribution in [0.1, 0.15) is 32.8 Å². The maximum atomic E-state index is 13.9. The van der Waals surface area contributed by atoms with Crippen molar-refractivity contribution in [3.63, 3.8) is 0 Å². The molecule has 1 fully saturated rings. The Bertz CT molecular complexity index is 1120. The maximum absolute atomic E-state index is 13.9. The Hall–Kier alpha value is -2.99. The third kappa shape index (κ3) is 2.78. The van der Waals surface area contributed by atoms with E-state index in [4.69, 9.17) is 4.42 Å². The fourth-order valence-electron chi connectivity index (χ4n) is 4.30. The van der Waals surface area contributed by atoms with Crippen molar-refractivity contribution in [3.8, 4) is 0 Å². The molecule has 0 unspecified atom stereocenters. The molecule has 1 atom stereocenters. The van der Waals surface area contributed by atoms with E-state index in [2.05, 4.69) is 24.3 Å². The number of aryl methyl sites for hydroxylation is 2. The molecule has 6 heteroatoms. The summed E-state index contributed by atoms with van der Waals surface area (Å²) < 4.78 is 5.37. The quantitative estimate of drug-likeness (QED) is 0.629. The highest BCUT2D eigenvalue weighted by Gasteiger charge is 2.59. The van der Waals surface area contributed by atoms with Gasteiger partial charge in [-0.15, -0.1) is 11.8 Å². The van der Waals surface area contributed by atoms with Crippen LogP contribution in [0.4, 0.5) is 5.69 Å². The third-order valence-electron chi connectivity index (χ3n) is 5.79. The van der Waals surface area contributed by atoms with Gasteiger partial charge in [0.1, 0.15) is 0 Å². The van der Waals surface area contributed by atoms with Gasteiger partial charge in [-0.25, -0.2) is 0 Å². The monoisotopic (exact) mass is 418 g/mol. The highest BCUT2D eigenvalue weighted by Crippen LogP contribution is 2.55. The number of nitrogens with zero attached hydrogens (tertiary/aromatic N) is 2. The zero-order valence-corrected chi connectivity index (χ0v) is 17.7. The number of furan rings is 1. The number of carbonyl (C=O) groups excluding carboxylic acids is 2. The van der Waals surface area contributed by atoms with Crippen molar-refractivity contribution >= 4 is 29.3 Å². The Balaban J connectivity index is 1.60. The first-order chi connectivity index (χ1) is 14.5. The number of thioether (sulfide) groups is 1. The summed E-state index contributed by atoms with van der Waals surface area (Å²) in [6.45, 7) is 5.03. The average Bonchev–Trinajstić information content (AvgIpc) is 3.47. The first-order valence-electron chi connectivity index (χ1n) is 9.99. The lowest BCUT2D eigenvalue weighted by molar-refractivity contribution is -0.123. The minimum atomic E-state index is -1.05. The summed E-state index contributed by atoms with van der Waals surface area (Å²) in [7, 11) is 0. The highest BCUT2D eigenvalue weighted by molar-refractivity contribution is 8.01. The van der Waals surface area contributed by atoms with Crippen molar-refractivity contribution < 1.29 is 14.0 Å². The van der Waals surface area contributed by atoms with Gasteiger partial charge in [-0.1, -0.05) is 47.5 Å². The smallest absolute Gasteiger partial charge is 0.291 e. The number of hydrogen-bond donors (Lipinski definition) is 0. The summed E-state index contributed by atoms with van der Waals surface area (Å²) in [6, 6.07) is 17.6. The Kier molecular flexibility index (Phi) is 4.47. The van der Waals surface area contributed by atoms with E-state index in [-0.39, 0.29) is 17.6 Å². The van der Waals surface area contributed by atoms with E-state index >= 15 is 0 Å². The van der Waals surface area contributed by atoms with Gasteiger partial charge in [0.05, 0.1) is 18.5 Å². The number of amides is 2. The molecule has 5 nitrogen and oxygen atoms in total. The van der Waals surface area contributed by atoms with Crippen molar-refractivity contribution in [3.05, 3.63) is 88.9 Å². The zero-order chi connectivity index (χ0) is 20.9. The first-order valence-corrected chi connectivity index (χ1v) is 11.0. The molecule has 30 heavy (non-hydrogen) atoms. The molecule has 5 rings (SSSR count). The third-order valence-corrected chi connectivity index (χ3v) is 7.21. The molecule has 0 radical (unpaired) electrons. The second kappa shape index (κ2) is 7.06. The molecule has 0 aliphatic carbocycles. The molecule has 152 valence electrons. The molecule has 3 heterocycles. The number of carbonyl (C=O) groups is 2. The second-order valence-electron chi connectivity index (χ2n) is 7.82. The fourth-order valence-corrected chi connectivity index (χ4v) is 5.75. The van der Waals surface area contributed by atoms with E-state index in [1.807, 2.05) is 36.9 Å². The Morgan fingerprint density at radius 1 is 1.10 bits per heavy atom. The maximum Gasteiger partial charge on any atom is 0.291 e. The molecule has 1 spiro atoms. The molecule has 1 aromatic heterocycles. The average molecular weight is 419 g/mol. The Labute approximate surface area is 179 Å². The normalized spacial score (nSPS) is 20.3. The highest BCUT2D eigenvalue weighted by atomic mass is 32.2. The molecule has 2 aromatic carbocycles. The van der Waals surface area contributed by atoms with E-state index in [1.54, 1.807) is 17.0 Å². The van der Waals surface area contributed by atoms with Gasteiger partial charge in [0.25, 0.3) is 11.8 Å². The molecule has 3 aromatic rings. The van der Waals surface area contributed by atoms with Crippen molar-refractivity contribution in [1.82, 2.24) is 4.90 Å². The first kappa shape index (κ1) is 19.0. The van der Waals surface area contributed by atoms with Gasteiger partial charge in [-0.05, 0) is 37.6 Å².